The van der Waals surface area contributed by atoms with Crippen molar-refractivity contribution in [2.45, 2.75) is 6.92 Å². The van der Waals surface area contributed by atoms with E-state index in [-0.39, 0.29) is 17.2 Å². The lowest BCUT2D eigenvalue weighted by Crippen LogP contribution is -2.17. The SMILES string of the molecule is CNC(=O)c1ccc(Nc2ccccc2C)c([N+](=O)[O-])c1. The van der Waals surface area contributed by atoms with Crippen molar-refractivity contribution in [3.8, 4) is 0 Å². The van der Waals surface area contributed by atoms with Crippen molar-refractivity contribution in [1.82, 2.24) is 5.32 Å². The van der Waals surface area contributed by atoms with Gasteiger partial charge in [-0.2, -0.15) is 0 Å². The van der Waals surface area contributed by atoms with E-state index < -0.39 is 4.92 Å². The maximum absolute atomic E-state index is 11.6. The van der Waals surface area contributed by atoms with Gasteiger partial charge in [0.1, 0.15) is 5.69 Å². The molecule has 21 heavy (non-hydrogen) atoms. The normalized spacial score (nSPS) is 10.0. The lowest BCUT2D eigenvalue weighted by Gasteiger charge is -2.10. The zero-order valence-corrected chi connectivity index (χ0v) is 11.7. The third-order valence-electron chi connectivity index (χ3n) is 3.10. The van der Waals surface area contributed by atoms with Gasteiger partial charge >= 0.3 is 0 Å². The summed E-state index contributed by atoms with van der Waals surface area (Å²) in [6, 6.07) is 11.8. The summed E-state index contributed by atoms with van der Waals surface area (Å²) in [6.45, 7) is 1.91. The molecule has 108 valence electrons. The summed E-state index contributed by atoms with van der Waals surface area (Å²) < 4.78 is 0. The highest BCUT2D eigenvalue weighted by atomic mass is 16.6. The van der Waals surface area contributed by atoms with Crippen LogP contribution in [0, 0.1) is 17.0 Å². The largest absolute Gasteiger partial charge is 0.355 e. The Bertz CT molecular complexity index is 698. The Labute approximate surface area is 121 Å². The van der Waals surface area contributed by atoms with Gasteiger partial charge in [-0.3, -0.25) is 14.9 Å². The number of carbonyl (C=O) groups excluding carboxylic acids is 1. The summed E-state index contributed by atoms with van der Waals surface area (Å²) in [7, 11) is 1.48. The minimum absolute atomic E-state index is 0.139. The van der Waals surface area contributed by atoms with E-state index in [1.807, 2.05) is 31.2 Å². The Morgan fingerprint density at radius 1 is 1.14 bits per heavy atom. The van der Waals surface area contributed by atoms with Gasteiger partial charge in [0.2, 0.25) is 0 Å². The predicted octanol–water partition coefficient (Wildman–Crippen LogP) is 3.01. The van der Waals surface area contributed by atoms with E-state index in [1.54, 1.807) is 6.07 Å². The lowest BCUT2D eigenvalue weighted by molar-refractivity contribution is -0.383. The van der Waals surface area contributed by atoms with Gasteiger partial charge in [-0.15, -0.1) is 0 Å². The molecule has 0 aromatic heterocycles. The molecule has 0 radical (unpaired) electrons. The van der Waals surface area contributed by atoms with Crippen molar-refractivity contribution in [2.75, 3.05) is 12.4 Å². The Hall–Kier alpha value is -2.89. The highest BCUT2D eigenvalue weighted by Crippen LogP contribution is 2.29. The maximum atomic E-state index is 11.6. The first-order valence-corrected chi connectivity index (χ1v) is 6.36. The van der Waals surface area contributed by atoms with Crippen LogP contribution in [0.5, 0.6) is 0 Å². The van der Waals surface area contributed by atoms with Crippen LogP contribution in [0.15, 0.2) is 42.5 Å². The van der Waals surface area contributed by atoms with Crippen LogP contribution < -0.4 is 10.6 Å². The van der Waals surface area contributed by atoms with Crippen molar-refractivity contribution >= 4 is 23.0 Å². The van der Waals surface area contributed by atoms with Crippen LogP contribution >= 0.6 is 0 Å². The van der Waals surface area contributed by atoms with Crippen LogP contribution in [0.2, 0.25) is 0 Å². The van der Waals surface area contributed by atoms with Gasteiger partial charge in [0, 0.05) is 24.4 Å². The molecule has 1 amide bonds. The highest BCUT2D eigenvalue weighted by Gasteiger charge is 2.17. The fourth-order valence-electron chi connectivity index (χ4n) is 1.93. The zero-order chi connectivity index (χ0) is 15.4. The van der Waals surface area contributed by atoms with E-state index in [0.717, 1.165) is 11.3 Å². The third kappa shape index (κ3) is 3.17. The predicted molar refractivity (Wildman–Crippen MR) is 80.9 cm³/mol. The summed E-state index contributed by atoms with van der Waals surface area (Å²) in [5, 5.41) is 16.7. The number of para-hydroxylation sites is 1. The molecule has 0 aliphatic heterocycles. The van der Waals surface area contributed by atoms with Crippen LogP contribution in [0.25, 0.3) is 0 Å². The molecule has 6 nitrogen and oxygen atoms in total. The number of hydrogen-bond acceptors (Lipinski definition) is 4. The van der Waals surface area contributed by atoms with E-state index in [4.69, 9.17) is 0 Å². The summed E-state index contributed by atoms with van der Waals surface area (Å²) in [5.74, 6) is -0.361. The summed E-state index contributed by atoms with van der Waals surface area (Å²) >= 11 is 0. The van der Waals surface area contributed by atoms with Crippen LogP contribution in [-0.2, 0) is 0 Å². The molecule has 2 rings (SSSR count). The van der Waals surface area contributed by atoms with E-state index >= 15 is 0 Å². The molecular formula is C15H15N3O3. The van der Waals surface area contributed by atoms with E-state index in [2.05, 4.69) is 10.6 Å². The fourth-order valence-corrected chi connectivity index (χ4v) is 1.93. The van der Waals surface area contributed by atoms with Gasteiger partial charge in [-0.25, -0.2) is 0 Å². The second kappa shape index (κ2) is 6.04. The van der Waals surface area contributed by atoms with Crippen molar-refractivity contribution in [1.29, 1.82) is 0 Å². The number of benzene rings is 2. The smallest absolute Gasteiger partial charge is 0.293 e. The second-order valence-corrected chi connectivity index (χ2v) is 4.51. The van der Waals surface area contributed by atoms with Crippen molar-refractivity contribution < 1.29 is 9.72 Å². The monoisotopic (exact) mass is 285 g/mol. The van der Waals surface area contributed by atoms with E-state index in [1.165, 1.54) is 19.2 Å². The number of anilines is 2. The molecule has 6 heteroatoms. The Morgan fingerprint density at radius 3 is 2.48 bits per heavy atom. The highest BCUT2D eigenvalue weighted by molar-refractivity contribution is 5.95. The van der Waals surface area contributed by atoms with Gasteiger partial charge < -0.3 is 10.6 Å². The molecular weight excluding hydrogens is 270 g/mol. The Kier molecular flexibility index (Phi) is 4.18. The van der Waals surface area contributed by atoms with Gasteiger partial charge in [0.15, 0.2) is 0 Å². The number of nitro groups is 1. The number of amides is 1. The Balaban J connectivity index is 2.42. The van der Waals surface area contributed by atoms with Crippen molar-refractivity contribution in [3.05, 3.63) is 63.7 Å². The lowest BCUT2D eigenvalue weighted by atomic mass is 10.1. The minimum atomic E-state index is -0.507. The molecule has 0 heterocycles. The molecule has 0 saturated carbocycles. The molecule has 0 fully saturated rings. The molecule has 0 spiro atoms. The molecule has 2 aromatic rings. The van der Waals surface area contributed by atoms with Crippen molar-refractivity contribution in [3.63, 3.8) is 0 Å². The molecule has 0 atom stereocenters. The first-order chi connectivity index (χ1) is 10.0. The molecule has 0 saturated heterocycles. The standard InChI is InChI=1S/C15H15N3O3/c1-10-5-3-4-6-12(10)17-13-8-7-11(15(19)16-2)9-14(13)18(20)21/h3-9,17H,1-2H3,(H,16,19). The summed E-state index contributed by atoms with van der Waals surface area (Å²) in [5.41, 5.74) is 2.22. The second-order valence-electron chi connectivity index (χ2n) is 4.51. The van der Waals surface area contributed by atoms with Gasteiger partial charge in [-0.05, 0) is 30.7 Å². The quantitative estimate of drug-likeness (QED) is 0.668. The average molecular weight is 285 g/mol. The topological polar surface area (TPSA) is 84.3 Å². The number of nitrogens with one attached hydrogen (secondary N) is 2. The number of nitrogens with zero attached hydrogens (tertiary/aromatic N) is 1. The van der Waals surface area contributed by atoms with Crippen molar-refractivity contribution in [2.24, 2.45) is 0 Å². The first-order valence-electron chi connectivity index (χ1n) is 6.36. The molecule has 0 bridgehead atoms. The average Bonchev–Trinajstić information content (AvgIpc) is 2.49. The Morgan fingerprint density at radius 2 is 1.86 bits per heavy atom. The molecule has 0 aliphatic rings. The van der Waals surface area contributed by atoms with Gasteiger partial charge in [-0.1, -0.05) is 18.2 Å². The number of hydrogen-bond donors (Lipinski definition) is 2. The fraction of sp³-hybridized carbons (Fsp3) is 0.133. The first kappa shape index (κ1) is 14.5. The van der Waals surface area contributed by atoms with Crippen LogP contribution in [0.1, 0.15) is 15.9 Å². The zero-order valence-electron chi connectivity index (χ0n) is 11.7. The molecule has 2 N–H and O–H groups in total. The minimum Gasteiger partial charge on any atom is -0.355 e. The molecule has 2 aromatic carbocycles. The van der Waals surface area contributed by atoms with E-state index in [9.17, 15) is 14.9 Å². The van der Waals surface area contributed by atoms with Crippen LogP contribution in [-0.4, -0.2) is 17.9 Å². The van der Waals surface area contributed by atoms with Gasteiger partial charge in [0.25, 0.3) is 11.6 Å². The number of carbonyl (C=O) groups is 1. The van der Waals surface area contributed by atoms with Crippen LogP contribution in [0.3, 0.4) is 0 Å². The summed E-state index contributed by atoms with van der Waals surface area (Å²) in [4.78, 5) is 22.2. The molecule has 0 aliphatic carbocycles. The van der Waals surface area contributed by atoms with Gasteiger partial charge in [0.05, 0.1) is 4.92 Å². The third-order valence-corrected chi connectivity index (χ3v) is 3.10. The number of nitro benzene ring substituents is 1. The summed E-state index contributed by atoms with van der Waals surface area (Å²) in [6.07, 6.45) is 0. The van der Waals surface area contributed by atoms with Crippen LogP contribution in [0.4, 0.5) is 17.1 Å². The van der Waals surface area contributed by atoms with E-state index in [0.29, 0.717) is 5.69 Å². The molecule has 0 unspecified atom stereocenters. The number of aryl methyl sites for hydroxylation is 1. The maximum Gasteiger partial charge on any atom is 0.293 e. The number of rotatable bonds is 4.